The van der Waals surface area contributed by atoms with Gasteiger partial charge in [0.15, 0.2) is 11.5 Å². The van der Waals surface area contributed by atoms with Crippen molar-refractivity contribution in [3.8, 4) is 11.5 Å². The molecule has 1 fully saturated rings. The summed E-state index contributed by atoms with van der Waals surface area (Å²) in [4.78, 5) is 24.5. The number of hydrogen-bond donors (Lipinski definition) is 2. The fourth-order valence-electron chi connectivity index (χ4n) is 2.33. The van der Waals surface area contributed by atoms with Crippen LogP contribution in [-0.4, -0.2) is 50.8 Å². The SMILES string of the molecule is O=C(O)[C@@H]1CC(O)CN1C(=O)c1cc(-c2ccco2)on1. The zero-order valence-corrected chi connectivity index (χ0v) is 10.8. The minimum absolute atomic E-state index is 0.00393. The van der Waals surface area contributed by atoms with Crippen molar-refractivity contribution in [3.05, 3.63) is 30.2 Å². The molecule has 1 unspecified atom stereocenters. The Hall–Kier alpha value is -2.61. The molecule has 0 spiro atoms. The summed E-state index contributed by atoms with van der Waals surface area (Å²) in [5, 5.41) is 22.3. The molecule has 1 aliphatic heterocycles. The zero-order valence-electron chi connectivity index (χ0n) is 10.8. The molecule has 8 heteroatoms. The Kier molecular flexibility index (Phi) is 3.22. The lowest BCUT2D eigenvalue weighted by atomic mass is 10.2. The highest BCUT2D eigenvalue weighted by Gasteiger charge is 2.40. The first-order chi connectivity index (χ1) is 10.1. The van der Waals surface area contributed by atoms with E-state index >= 15 is 0 Å². The second kappa shape index (κ2) is 5.06. The molecule has 2 aromatic rings. The normalized spacial score (nSPS) is 21.7. The summed E-state index contributed by atoms with van der Waals surface area (Å²) in [5.41, 5.74) is -0.0262. The smallest absolute Gasteiger partial charge is 0.326 e. The summed E-state index contributed by atoms with van der Waals surface area (Å²) in [7, 11) is 0. The van der Waals surface area contributed by atoms with Crippen molar-refractivity contribution in [2.45, 2.75) is 18.6 Å². The quantitative estimate of drug-likeness (QED) is 0.850. The van der Waals surface area contributed by atoms with E-state index in [1.54, 1.807) is 12.1 Å². The van der Waals surface area contributed by atoms with E-state index in [9.17, 15) is 14.7 Å². The number of rotatable bonds is 3. The van der Waals surface area contributed by atoms with Crippen molar-refractivity contribution in [2.24, 2.45) is 0 Å². The fraction of sp³-hybridized carbons (Fsp3) is 0.308. The lowest BCUT2D eigenvalue weighted by Gasteiger charge is -2.19. The number of furan rings is 1. The molecule has 3 heterocycles. The second-order valence-electron chi connectivity index (χ2n) is 4.75. The van der Waals surface area contributed by atoms with E-state index in [-0.39, 0.29) is 24.4 Å². The van der Waals surface area contributed by atoms with Gasteiger partial charge in [-0.1, -0.05) is 5.16 Å². The van der Waals surface area contributed by atoms with Crippen LogP contribution < -0.4 is 0 Å². The molecular formula is C13H12N2O6. The highest BCUT2D eigenvalue weighted by molar-refractivity contribution is 5.96. The lowest BCUT2D eigenvalue weighted by Crippen LogP contribution is -2.40. The Morgan fingerprint density at radius 1 is 1.38 bits per heavy atom. The predicted molar refractivity (Wildman–Crippen MR) is 67.3 cm³/mol. The minimum Gasteiger partial charge on any atom is -0.480 e. The average molecular weight is 292 g/mol. The summed E-state index contributed by atoms with van der Waals surface area (Å²) in [6.07, 6.45) is 0.604. The number of carboxylic acid groups (broad SMARTS) is 1. The number of β-amino-alcohol motifs (C(OH)–C–C–N with tert-alkyl or cyclic N) is 1. The van der Waals surface area contributed by atoms with Crippen molar-refractivity contribution >= 4 is 11.9 Å². The van der Waals surface area contributed by atoms with E-state index in [1.165, 1.54) is 12.3 Å². The van der Waals surface area contributed by atoms with Gasteiger partial charge in [-0.2, -0.15) is 0 Å². The molecule has 0 aromatic carbocycles. The third-order valence-corrected chi connectivity index (χ3v) is 3.32. The van der Waals surface area contributed by atoms with Gasteiger partial charge in [-0.3, -0.25) is 4.79 Å². The number of amides is 1. The molecule has 3 rings (SSSR count). The van der Waals surface area contributed by atoms with Gasteiger partial charge in [-0.15, -0.1) is 0 Å². The number of aliphatic hydroxyl groups is 1. The van der Waals surface area contributed by atoms with Crippen LogP contribution in [0.1, 0.15) is 16.9 Å². The van der Waals surface area contributed by atoms with Crippen molar-refractivity contribution < 1.29 is 28.7 Å². The summed E-state index contributed by atoms with van der Waals surface area (Å²) >= 11 is 0. The number of carbonyl (C=O) groups excluding carboxylic acids is 1. The predicted octanol–water partition coefficient (Wildman–Crippen LogP) is 0.595. The number of carbonyl (C=O) groups is 2. The van der Waals surface area contributed by atoms with E-state index in [1.807, 2.05) is 0 Å². The average Bonchev–Trinajstić information content (AvgIpc) is 3.17. The van der Waals surface area contributed by atoms with Crippen LogP contribution in [0.3, 0.4) is 0 Å². The molecule has 1 amide bonds. The number of likely N-dealkylation sites (tertiary alicyclic amines) is 1. The fourth-order valence-corrected chi connectivity index (χ4v) is 2.33. The van der Waals surface area contributed by atoms with E-state index in [0.717, 1.165) is 4.90 Å². The monoisotopic (exact) mass is 292 g/mol. The molecule has 110 valence electrons. The van der Waals surface area contributed by atoms with Gasteiger partial charge in [-0.05, 0) is 12.1 Å². The lowest BCUT2D eigenvalue weighted by molar-refractivity contribution is -0.141. The minimum atomic E-state index is -1.16. The van der Waals surface area contributed by atoms with Crippen LogP contribution in [0.4, 0.5) is 0 Å². The van der Waals surface area contributed by atoms with Crippen LogP contribution in [0, 0.1) is 0 Å². The van der Waals surface area contributed by atoms with E-state index in [2.05, 4.69) is 5.16 Å². The van der Waals surface area contributed by atoms with Crippen LogP contribution in [0.15, 0.2) is 33.4 Å². The molecule has 1 aliphatic rings. The van der Waals surface area contributed by atoms with E-state index in [4.69, 9.17) is 14.0 Å². The van der Waals surface area contributed by atoms with E-state index in [0.29, 0.717) is 5.76 Å². The number of carboxylic acids is 1. The van der Waals surface area contributed by atoms with Crippen LogP contribution >= 0.6 is 0 Å². The van der Waals surface area contributed by atoms with Crippen LogP contribution in [0.25, 0.3) is 11.5 Å². The summed E-state index contributed by atoms with van der Waals surface area (Å²) in [6.45, 7) is -0.0429. The molecule has 2 N–H and O–H groups in total. The summed E-state index contributed by atoms with van der Waals surface area (Å²) in [6, 6.07) is 3.63. The van der Waals surface area contributed by atoms with Crippen molar-refractivity contribution in [3.63, 3.8) is 0 Å². The van der Waals surface area contributed by atoms with Crippen molar-refractivity contribution in [1.29, 1.82) is 0 Å². The molecule has 21 heavy (non-hydrogen) atoms. The molecule has 0 saturated carbocycles. The van der Waals surface area contributed by atoms with Gasteiger partial charge in [0.05, 0.1) is 12.4 Å². The van der Waals surface area contributed by atoms with Crippen molar-refractivity contribution in [2.75, 3.05) is 6.54 Å². The molecule has 8 nitrogen and oxygen atoms in total. The van der Waals surface area contributed by atoms with Gasteiger partial charge in [0.2, 0.25) is 5.76 Å². The first-order valence-electron chi connectivity index (χ1n) is 6.28. The number of hydrogen-bond acceptors (Lipinski definition) is 6. The molecule has 2 aromatic heterocycles. The zero-order chi connectivity index (χ0) is 15.0. The first kappa shape index (κ1) is 13.4. The Bertz CT molecular complexity index is 662. The Morgan fingerprint density at radius 3 is 2.86 bits per heavy atom. The number of aliphatic hydroxyl groups excluding tert-OH is 1. The third-order valence-electron chi connectivity index (χ3n) is 3.32. The maximum absolute atomic E-state index is 12.3. The van der Waals surface area contributed by atoms with Gasteiger partial charge >= 0.3 is 5.97 Å². The maximum Gasteiger partial charge on any atom is 0.326 e. The van der Waals surface area contributed by atoms with Gasteiger partial charge in [-0.25, -0.2) is 4.79 Å². The topological polar surface area (TPSA) is 117 Å². The standard InChI is InChI=1S/C13H12N2O6/c16-7-4-9(13(18)19)15(6-7)12(17)8-5-11(21-14-8)10-2-1-3-20-10/h1-3,5,7,9,16H,4,6H2,(H,18,19)/t7?,9-/m0/s1. The Morgan fingerprint density at radius 2 is 2.19 bits per heavy atom. The van der Waals surface area contributed by atoms with Gasteiger partial charge < -0.3 is 24.1 Å². The summed E-state index contributed by atoms with van der Waals surface area (Å²) in [5.74, 6) is -1.07. The largest absolute Gasteiger partial charge is 0.480 e. The number of aromatic nitrogens is 1. The first-order valence-corrected chi connectivity index (χ1v) is 6.28. The van der Waals surface area contributed by atoms with Crippen LogP contribution in [0.2, 0.25) is 0 Å². The second-order valence-corrected chi connectivity index (χ2v) is 4.75. The van der Waals surface area contributed by atoms with Crippen LogP contribution in [0.5, 0.6) is 0 Å². The molecule has 0 aliphatic carbocycles. The third kappa shape index (κ3) is 2.40. The number of aliphatic carboxylic acids is 1. The Labute approximate surface area is 118 Å². The molecule has 0 bridgehead atoms. The molecule has 0 radical (unpaired) electrons. The maximum atomic E-state index is 12.3. The highest BCUT2D eigenvalue weighted by atomic mass is 16.5. The Balaban J connectivity index is 1.83. The van der Waals surface area contributed by atoms with E-state index < -0.39 is 24.0 Å². The van der Waals surface area contributed by atoms with Gasteiger partial charge in [0.25, 0.3) is 5.91 Å². The number of nitrogens with zero attached hydrogens (tertiary/aromatic N) is 2. The summed E-state index contributed by atoms with van der Waals surface area (Å²) < 4.78 is 10.1. The van der Waals surface area contributed by atoms with Gasteiger partial charge in [0, 0.05) is 19.0 Å². The highest BCUT2D eigenvalue weighted by Crippen LogP contribution is 2.24. The molecular weight excluding hydrogens is 280 g/mol. The molecule has 2 atom stereocenters. The van der Waals surface area contributed by atoms with Crippen molar-refractivity contribution in [1.82, 2.24) is 10.1 Å². The van der Waals surface area contributed by atoms with Crippen LogP contribution in [-0.2, 0) is 4.79 Å². The van der Waals surface area contributed by atoms with Gasteiger partial charge in [0.1, 0.15) is 6.04 Å². The molecule has 1 saturated heterocycles.